The molecule has 0 aliphatic carbocycles. The largest absolute Gasteiger partial charge is 3.00 e. The molecule has 0 bridgehead atoms. The maximum absolute atomic E-state index is 5.17. The summed E-state index contributed by atoms with van der Waals surface area (Å²) < 4.78 is 0. The number of aryl methyl sites for hydroxylation is 4. The summed E-state index contributed by atoms with van der Waals surface area (Å²) >= 11 is 0. The Kier molecular flexibility index (Phi) is 25.2. The molecule has 0 unspecified atom stereocenters. The van der Waals surface area contributed by atoms with E-state index in [0.717, 1.165) is 167 Å². The van der Waals surface area contributed by atoms with E-state index in [-0.39, 0.29) is 20.1 Å². The third-order valence-corrected chi connectivity index (χ3v) is 24.7. The molecule has 0 aliphatic rings. The molecule has 0 radical (unpaired) electrons. The maximum atomic E-state index is 5.17. The van der Waals surface area contributed by atoms with Crippen LogP contribution in [-0.2, 0) is 45.8 Å². The molecule has 0 amide bonds. The van der Waals surface area contributed by atoms with Crippen LogP contribution in [0.3, 0.4) is 0 Å². The number of pyridine rings is 3. The van der Waals surface area contributed by atoms with Gasteiger partial charge in [-0.15, -0.1) is 82.4 Å². The molecule has 0 atom stereocenters. The molecule has 0 saturated carbocycles. The number of hydrogen-bond donors (Lipinski definition) is 0. The summed E-state index contributed by atoms with van der Waals surface area (Å²) in [5.74, 6) is 5.32. The molecular weight excluding hydrogens is 1850 g/mol. The number of nitrogens with zero attached hydrogens (tertiary/aromatic N) is 12. The summed E-state index contributed by atoms with van der Waals surface area (Å²) in [5, 5.41) is 0. The van der Waals surface area contributed by atoms with Gasteiger partial charge in [0.2, 0.25) is 0 Å². The van der Waals surface area contributed by atoms with E-state index in [2.05, 4.69) is 231 Å². The fourth-order valence-electron chi connectivity index (χ4n) is 17.6. The Hall–Kier alpha value is -17.4. The molecule has 13 heteroatoms. The predicted molar refractivity (Wildman–Crippen MR) is 547 cm³/mol. The van der Waals surface area contributed by atoms with E-state index >= 15 is 0 Å². The molecule has 0 fully saturated rings. The van der Waals surface area contributed by atoms with Gasteiger partial charge in [-0.2, -0.15) is 0 Å². The Morgan fingerprint density at radius 1 is 0.161 bits per heavy atom. The molecule has 22 rings (SSSR count). The Morgan fingerprint density at radius 2 is 0.431 bits per heavy atom. The van der Waals surface area contributed by atoms with Crippen LogP contribution in [0.5, 0.6) is 0 Å². The van der Waals surface area contributed by atoms with E-state index < -0.39 is 0 Å². The predicted octanol–water partition coefficient (Wildman–Crippen LogP) is 29.1. The van der Waals surface area contributed by atoms with Crippen LogP contribution in [0.2, 0.25) is 0 Å². The number of rotatable bonds is 25. The van der Waals surface area contributed by atoms with E-state index in [4.69, 9.17) is 59.8 Å². The van der Waals surface area contributed by atoms with Crippen LogP contribution in [0.4, 0.5) is 0 Å². The van der Waals surface area contributed by atoms with Crippen LogP contribution in [0.15, 0.2) is 455 Å². The summed E-state index contributed by atoms with van der Waals surface area (Å²) in [6, 6.07) is 163. The molecule has 0 aliphatic heterocycles. The van der Waals surface area contributed by atoms with Crippen molar-refractivity contribution in [1.29, 1.82) is 0 Å². The smallest absolute Gasteiger partial charge is 0.305 e. The average molecular weight is 1930 g/mol. The molecule has 16 aromatic carbocycles. The Morgan fingerprint density at radius 3 is 0.788 bits per heavy atom. The van der Waals surface area contributed by atoms with E-state index in [1.165, 1.54) is 16.7 Å². The Bertz CT molecular complexity index is 7540. The van der Waals surface area contributed by atoms with Gasteiger partial charge in [-0.1, -0.05) is 423 Å². The van der Waals surface area contributed by atoms with Crippen LogP contribution in [0, 0.1) is 18.2 Å². The molecular formula is C124H83IrN12. The normalized spacial score (nSPS) is 11.1. The summed E-state index contributed by atoms with van der Waals surface area (Å²) in [7, 11) is 0. The van der Waals surface area contributed by atoms with Crippen LogP contribution < -0.4 is 0 Å². The zero-order valence-electron chi connectivity index (χ0n) is 74.3. The van der Waals surface area contributed by atoms with Crippen molar-refractivity contribution in [2.24, 2.45) is 0 Å². The zero-order chi connectivity index (χ0) is 90.7. The second kappa shape index (κ2) is 40.0. The Labute approximate surface area is 809 Å². The van der Waals surface area contributed by atoms with Crippen LogP contribution in [0.1, 0.15) is 22.3 Å². The first-order valence-electron chi connectivity index (χ1n) is 45.6. The van der Waals surface area contributed by atoms with Gasteiger partial charge in [0, 0.05) is 68.7 Å². The molecule has 0 spiro atoms. The standard InChI is InChI=1S/C124H83N12.Ir/c1-8-28-85(29-9-1)86-50-52-87(53-51-86)102-72-75-127-115(82-102)105-70-71-109(112(81-105)92-58-66-101(67-59-92)124-135-120(97-38-18-6-19-39-97)130-121(136-124)98-40-20-7-21-41-98)108-43-23-22-42-107(108)106-77-83(46-48-88-60-68-103(113-44-24-26-73-125-113)79-110(88)90-54-62-99(63-55-90)122-131-116(93-30-10-2-11-31-93)128-117(132-122)94-32-12-3-13-33-94)76-84(78-106)47-49-89-61-69-104(114-45-25-27-74-126-114)80-111(89)91-56-64-100(65-57-91)123-133-118(95-34-14-4-15-35-95)129-119(134-123)96-36-16-5-17-37-96;/h1-45,50-67,71-82H,46-49H2;/q-3;+3. The van der Waals surface area contributed by atoms with Crippen molar-refractivity contribution in [3.63, 3.8) is 0 Å². The fourth-order valence-corrected chi connectivity index (χ4v) is 17.6. The molecule has 0 N–H and O–H groups in total. The van der Waals surface area contributed by atoms with E-state index in [9.17, 15) is 0 Å². The monoisotopic (exact) mass is 1930 g/mol. The second-order valence-electron chi connectivity index (χ2n) is 33.5. The van der Waals surface area contributed by atoms with Crippen LogP contribution in [0.25, 0.3) is 214 Å². The van der Waals surface area contributed by atoms with Crippen molar-refractivity contribution in [3.05, 3.63) is 496 Å². The SMILES string of the molecule is [Ir+3].[c-]1cc(CCc2cc(CCc3c[c-]c(-c4ccccn4)cc3-c3ccc(-c4nc(-c5ccccc5)nc(-c5ccccc5)n4)cc3)cc(-c3ccccc3-c3c[c-]c(-c4cc(-c5ccc(-c6ccccc6)cc5)ccn4)cc3-c3ccc(-c4nc(-c5ccccc5)nc(-c5ccccc5)n4)cc3)c2)c(-c2ccc(-c3nc(-c4ccccc4)nc(-c4ccccc4)n3)cc2)cc1-c1ccccn1. The molecule has 648 valence electrons. The van der Waals surface area contributed by atoms with Gasteiger partial charge >= 0.3 is 20.1 Å². The first kappa shape index (κ1) is 86.4. The third kappa shape index (κ3) is 19.4. The summed E-state index contributed by atoms with van der Waals surface area (Å²) in [6.07, 6.45) is 8.32. The van der Waals surface area contributed by atoms with E-state index in [0.29, 0.717) is 78.1 Å². The quantitative estimate of drug-likeness (QED) is 0.0500. The van der Waals surface area contributed by atoms with Gasteiger partial charge in [0.1, 0.15) is 0 Å². The minimum absolute atomic E-state index is 0. The number of aromatic nitrogens is 12. The van der Waals surface area contributed by atoms with Gasteiger partial charge in [-0.3, -0.25) is 0 Å². The van der Waals surface area contributed by atoms with Crippen molar-refractivity contribution in [1.82, 2.24) is 59.8 Å². The van der Waals surface area contributed by atoms with Crippen molar-refractivity contribution >= 4 is 0 Å². The molecule has 6 heterocycles. The Balaban J connectivity index is 0.0000112. The van der Waals surface area contributed by atoms with Crippen LogP contribution in [-0.4, -0.2) is 59.8 Å². The number of hydrogen-bond acceptors (Lipinski definition) is 12. The molecule has 6 aromatic heterocycles. The van der Waals surface area contributed by atoms with Gasteiger partial charge in [-0.25, -0.2) is 44.9 Å². The van der Waals surface area contributed by atoms with Gasteiger partial charge in [0.25, 0.3) is 0 Å². The fraction of sp³-hybridized carbons (Fsp3) is 0.0323. The topological polar surface area (TPSA) is 155 Å². The average Bonchev–Trinajstić information content (AvgIpc) is 0.764. The van der Waals surface area contributed by atoms with E-state index in [1.807, 2.05) is 243 Å². The van der Waals surface area contributed by atoms with Gasteiger partial charge in [0.15, 0.2) is 52.4 Å². The van der Waals surface area contributed by atoms with Crippen molar-refractivity contribution < 1.29 is 20.1 Å². The third-order valence-electron chi connectivity index (χ3n) is 24.7. The number of benzene rings is 16. The summed E-state index contributed by atoms with van der Waals surface area (Å²) in [4.78, 5) is 60.7. The second-order valence-corrected chi connectivity index (χ2v) is 33.5. The summed E-state index contributed by atoms with van der Waals surface area (Å²) in [6.45, 7) is 0. The van der Waals surface area contributed by atoms with Gasteiger partial charge in [-0.05, 0) is 109 Å². The summed E-state index contributed by atoms with van der Waals surface area (Å²) in [5.41, 5.74) is 32.6. The molecule has 137 heavy (non-hydrogen) atoms. The first-order chi connectivity index (χ1) is 67.3. The van der Waals surface area contributed by atoms with Crippen molar-refractivity contribution in [2.75, 3.05) is 0 Å². The van der Waals surface area contributed by atoms with Crippen LogP contribution >= 0.6 is 0 Å². The van der Waals surface area contributed by atoms with Crippen molar-refractivity contribution in [3.8, 4) is 214 Å². The van der Waals surface area contributed by atoms with Crippen molar-refractivity contribution in [2.45, 2.75) is 25.7 Å². The minimum Gasteiger partial charge on any atom is -0.305 e. The molecule has 22 aromatic rings. The maximum Gasteiger partial charge on any atom is 3.00 e. The molecule has 0 saturated heterocycles. The zero-order valence-corrected chi connectivity index (χ0v) is 76.7. The molecule has 12 nitrogen and oxygen atoms in total. The van der Waals surface area contributed by atoms with Gasteiger partial charge in [0.05, 0.1) is 0 Å². The van der Waals surface area contributed by atoms with Gasteiger partial charge < -0.3 is 15.0 Å². The first-order valence-corrected chi connectivity index (χ1v) is 45.6. The van der Waals surface area contributed by atoms with E-state index in [1.54, 1.807) is 0 Å². The minimum atomic E-state index is 0.